The van der Waals surface area contributed by atoms with Crippen molar-refractivity contribution in [2.75, 3.05) is 0 Å². The number of carboxylic acid groups (broad SMARTS) is 2. The molecular formula is C22H41K2LiO4. The van der Waals surface area contributed by atoms with E-state index in [1.165, 1.54) is 96.3 Å². The van der Waals surface area contributed by atoms with Crippen molar-refractivity contribution in [1.82, 2.24) is 0 Å². The van der Waals surface area contributed by atoms with Crippen LogP contribution in [-0.4, -0.2) is 29.7 Å². The van der Waals surface area contributed by atoms with Crippen molar-refractivity contribution in [3.63, 3.8) is 0 Å². The van der Waals surface area contributed by atoms with Gasteiger partial charge in [-0.05, 0) is 0 Å². The van der Waals surface area contributed by atoms with E-state index in [-0.39, 0.29) is 103 Å². The molecule has 1 atom stereocenters. The average Bonchev–Trinajstić information content (AvgIpc) is 2.56. The second-order valence-electron chi connectivity index (χ2n) is 8.47. The van der Waals surface area contributed by atoms with E-state index < -0.39 is 18.4 Å². The van der Waals surface area contributed by atoms with Crippen molar-refractivity contribution < 1.29 is 123 Å². The van der Waals surface area contributed by atoms with Crippen LogP contribution in [0, 0.1) is 0 Å². The molecule has 0 heterocycles. The Bertz CT molecular complexity index is 355. The molecule has 0 aromatic heterocycles. The average molecular weight is 455 g/mol. The van der Waals surface area contributed by atoms with E-state index in [1.54, 1.807) is 0 Å². The number of rotatable bonds is 17. The first-order valence-electron chi connectivity index (χ1n) is 11.1. The Hall–Kier alpha value is 2.81. The molecule has 0 aliphatic rings. The minimum absolute atomic E-state index is 0. The van der Waals surface area contributed by atoms with E-state index in [1.807, 2.05) is 0 Å². The van der Waals surface area contributed by atoms with Crippen LogP contribution in [0.4, 0.5) is 0 Å². The van der Waals surface area contributed by atoms with E-state index in [0.29, 0.717) is 4.09 Å². The molecule has 0 saturated heterocycles. The van der Waals surface area contributed by atoms with E-state index in [9.17, 15) is 19.8 Å². The van der Waals surface area contributed by atoms with E-state index >= 15 is 0 Å². The molecule has 0 saturated carbocycles. The van der Waals surface area contributed by atoms with Crippen molar-refractivity contribution in [2.45, 2.75) is 128 Å². The first kappa shape index (κ1) is 39.0. The van der Waals surface area contributed by atoms with Gasteiger partial charge in [0.2, 0.25) is 0 Å². The van der Waals surface area contributed by atoms with Crippen LogP contribution in [0.2, 0.25) is 4.09 Å². The van der Waals surface area contributed by atoms with E-state index in [0.717, 1.165) is 0 Å². The van der Waals surface area contributed by atoms with Gasteiger partial charge >= 0.3 is 235 Å². The summed E-state index contributed by atoms with van der Waals surface area (Å²) in [6.45, 7) is 7.06. The second-order valence-corrected chi connectivity index (χ2v) is 8.47. The molecule has 0 aliphatic carbocycles. The van der Waals surface area contributed by atoms with Crippen LogP contribution >= 0.6 is 0 Å². The Labute approximate surface area is 274 Å². The Morgan fingerprint density at radius 3 is 1.24 bits per heavy atom. The van der Waals surface area contributed by atoms with Gasteiger partial charge in [0.15, 0.2) is 0 Å². The topological polar surface area (TPSA) is 80.3 Å². The Kier molecular flexibility index (Phi) is 38.8. The summed E-state index contributed by atoms with van der Waals surface area (Å²) in [7, 11) is 0. The summed E-state index contributed by atoms with van der Waals surface area (Å²) < 4.78 is 0.593. The van der Waals surface area contributed by atoms with Crippen molar-refractivity contribution in [3.05, 3.63) is 0 Å². The zero-order chi connectivity index (χ0) is 21.0. The number of carbonyl (C=O) groups excluding carboxylic acids is 2. The van der Waals surface area contributed by atoms with Gasteiger partial charge < -0.3 is 19.8 Å². The molecule has 0 N–H and O–H groups in total. The summed E-state index contributed by atoms with van der Waals surface area (Å²) in [6, 6.07) is 0. The van der Waals surface area contributed by atoms with Crippen LogP contribution in [0.15, 0.2) is 0 Å². The van der Waals surface area contributed by atoms with Gasteiger partial charge in [-0.1, -0.05) is 6.92 Å². The van der Waals surface area contributed by atoms with E-state index in [2.05, 4.69) is 38.5 Å². The summed E-state index contributed by atoms with van der Waals surface area (Å²) in [5.41, 5.74) is 0. The Morgan fingerprint density at radius 1 is 0.655 bits per heavy atom. The van der Waals surface area contributed by atoms with Gasteiger partial charge in [0.25, 0.3) is 0 Å². The Balaban J connectivity index is -0.000000298. The van der Waals surface area contributed by atoms with Gasteiger partial charge in [-0.3, -0.25) is 0 Å². The van der Waals surface area contributed by atoms with Crippen LogP contribution in [0.25, 0.3) is 0 Å². The first-order chi connectivity index (χ1) is 12.7. The quantitative estimate of drug-likeness (QED) is 0.146. The fraction of sp³-hybridized carbons (Fsp3) is 0.909. The molecule has 0 aliphatic heterocycles. The summed E-state index contributed by atoms with van der Waals surface area (Å²) in [5.74, 6) is -3.25. The van der Waals surface area contributed by atoms with Crippen LogP contribution in [0.5, 0.6) is 0 Å². The number of carboxylic acids is 2. The maximum atomic E-state index is 9.28. The third-order valence-corrected chi connectivity index (χ3v) is 4.95. The zero-order valence-corrected chi connectivity index (χ0v) is 26.7. The van der Waals surface area contributed by atoms with E-state index in [4.69, 9.17) is 0 Å². The third kappa shape index (κ3) is 38.4. The standard InChI is InChI=1S/C19H39.C3H4O4.2K.Li/c1-4-6-8-9-10-11-12-13-14-16-18-19(3)17-15-7-5-2;4-2(5)1-3(6)7;;;/h4-18H2,1-3H3;1H2,(H,4,5)(H,6,7);;;/q;;2*+1;/p-2. The van der Waals surface area contributed by atoms with Crippen LogP contribution in [-0.2, 0) is 9.59 Å². The fourth-order valence-electron chi connectivity index (χ4n) is 3.19. The number of hydrogen-bond donors (Lipinski definition) is 0. The van der Waals surface area contributed by atoms with Crippen LogP contribution in [0.1, 0.15) is 124 Å². The molecule has 156 valence electrons. The van der Waals surface area contributed by atoms with Crippen LogP contribution < -0.4 is 113 Å². The zero-order valence-electron chi connectivity index (χ0n) is 20.4. The number of hydrogen-bond acceptors (Lipinski definition) is 4. The molecule has 29 heavy (non-hydrogen) atoms. The molecule has 0 spiro atoms. The molecule has 0 radical (unpaired) electrons. The smallest absolute Gasteiger partial charge is 0.0654 e. The predicted octanol–water partition coefficient (Wildman–Crippen LogP) is -1.89. The molecule has 7 heteroatoms. The third-order valence-electron chi connectivity index (χ3n) is 4.95. The molecule has 0 aromatic rings. The summed E-state index contributed by atoms with van der Waals surface area (Å²) in [4.78, 5) is 18.6. The predicted molar refractivity (Wildman–Crippen MR) is 109 cm³/mol. The molecule has 0 bridgehead atoms. The molecule has 0 amide bonds. The molecule has 0 rings (SSSR count). The second kappa shape index (κ2) is 28.8. The van der Waals surface area contributed by atoms with Crippen molar-refractivity contribution in [2.24, 2.45) is 0 Å². The minimum Gasteiger partial charge on any atom is -0.0654 e. The molecule has 0 fully saturated rings. The monoisotopic (exact) mass is 454 g/mol. The van der Waals surface area contributed by atoms with Gasteiger partial charge in [0, 0.05) is 18.4 Å². The number of unbranched alkanes of at least 4 members (excludes halogenated alkanes) is 11. The summed E-state index contributed by atoms with van der Waals surface area (Å²) in [5, 5.41) is 18.6. The fourth-order valence-corrected chi connectivity index (χ4v) is 3.19. The molecule has 4 nitrogen and oxygen atoms in total. The maximum absolute atomic E-state index is 9.28. The van der Waals surface area contributed by atoms with Gasteiger partial charge in [0.1, 0.15) is 0 Å². The summed E-state index contributed by atoms with van der Waals surface area (Å²) >= 11 is 2.47. The van der Waals surface area contributed by atoms with Gasteiger partial charge in [0.05, 0.1) is 0 Å². The van der Waals surface area contributed by atoms with Gasteiger partial charge in [-0.25, -0.2) is 0 Å². The van der Waals surface area contributed by atoms with Crippen molar-refractivity contribution in [1.29, 1.82) is 0 Å². The van der Waals surface area contributed by atoms with Crippen molar-refractivity contribution >= 4 is 29.7 Å². The first-order valence-corrected chi connectivity index (χ1v) is 11.1. The minimum atomic E-state index is -1.63. The molecule has 0 aromatic carbocycles. The Morgan fingerprint density at radius 2 is 0.931 bits per heavy atom. The summed E-state index contributed by atoms with van der Waals surface area (Å²) in [6.07, 6.45) is 20.6. The van der Waals surface area contributed by atoms with Crippen LogP contribution in [0.3, 0.4) is 0 Å². The number of aliphatic carboxylic acids is 2. The van der Waals surface area contributed by atoms with Gasteiger partial charge in [-0.15, -0.1) is 0 Å². The molecule has 1 unspecified atom stereocenters. The van der Waals surface area contributed by atoms with Crippen molar-refractivity contribution in [3.8, 4) is 0 Å². The SMILES string of the molecule is O=C([O-])CC(=O)[O-].[K+].[K+].[Li][C](C)(CCCCC)CCCCCCCCCCCC. The molecular weight excluding hydrogens is 413 g/mol. The normalized spacial score (nSPS) is 11.9. The van der Waals surface area contributed by atoms with Gasteiger partial charge in [-0.2, -0.15) is 0 Å². The number of carbonyl (C=O) groups is 2.